The molecule has 0 aromatic heterocycles. The number of carbonyl (C=O) groups is 1. The molecule has 0 bridgehead atoms. The fourth-order valence-corrected chi connectivity index (χ4v) is 2.05. The van der Waals surface area contributed by atoms with Gasteiger partial charge in [0, 0.05) is 12.5 Å². The molecule has 76 valence electrons. The molecule has 2 heteroatoms. The Morgan fingerprint density at radius 1 is 1.38 bits per heavy atom. The summed E-state index contributed by atoms with van der Waals surface area (Å²) in [7, 11) is 0. The summed E-state index contributed by atoms with van der Waals surface area (Å²) in [6, 6.07) is 0.559. The Labute approximate surface area is 81.3 Å². The van der Waals surface area contributed by atoms with Crippen molar-refractivity contribution in [3.05, 3.63) is 0 Å². The minimum atomic E-state index is 0.439. The number of Topliss-reactive ketones (excluding diaryl/α,β-unsaturated/α-hetero) is 1. The van der Waals surface area contributed by atoms with Crippen LogP contribution in [0.2, 0.25) is 0 Å². The van der Waals surface area contributed by atoms with Crippen molar-refractivity contribution in [1.82, 2.24) is 4.90 Å². The largest absolute Gasteiger partial charge is 0.298 e. The predicted octanol–water partition coefficient (Wildman–Crippen LogP) is 2.23. The third-order valence-corrected chi connectivity index (χ3v) is 2.78. The van der Waals surface area contributed by atoms with E-state index in [1.165, 1.54) is 25.7 Å². The van der Waals surface area contributed by atoms with Gasteiger partial charge in [0.25, 0.3) is 0 Å². The van der Waals surface area contributed by atoms with E-state index in [1.807, 2.05) is 0 Å². The van der Waals surface area contributed by atoms with Gasteiger partial charge in [0.15, 0.2) is 0 Å². The molecule has 1 fully saturated rings. The van der Waals surface area contributed by atoms with Gasteiger partial charge >= 0.3 is 0 Å². The van der Waals surface area contributed by atoms with Crippen molar-refractivity contribution < 1.29 is 4.79 Å². The highest BCUT2D eigenvalue weighted by Crippen LogP contribution is 2.19. The lowest BCUT2D eigenvalue weighted by Gasteiger charge is -2.22. The van der Waals surface area contributed by atoms with E-state index in [1.54, 1.807) is 0 Å². The van der Waals surface area contributed by atoms with Crippen LogP contribution in [0.5, 0.6) is 0 Å². The van der Waals surface area contributed by atoms with Crippen LogP contribution in [0.15, 0.2) is 0 Å². The maximum absolute atomic E-state index is 11.3. The van der Waals surface area contributed by atoms with E-state index in [0.29, 0.717) is 18.4 Å². The van der Waals surface area contributed by atoms with Crippen molar-refractivity contribution in [3.8, 4) is 0 Å². The van der Waals surface area contributed by atoms with E-state index in [2.05, 4.69) is 18.7 Å². The number of rotatable bonds is 5. The molecule has 1 rings (SSSR count). The van der Waals surface area contributed by atoms with E-state index in [9.17, 15) is 4.79 Å². The second-order valence-electron chi connectivity index (χ2n) is 4.01. The number of hydrogen-bond donors (Lipinski definition) is 0. The van der Waals surface area contributed by atoms with Crippen LogP contribution >= 0.6 is 0 Å². The maximum atomic E-state index is 11.3. The molecule has 0 spiro atoms. The summed E-state index contributed by atoms with van der Waals surface area (Å²) < 4.78 is 0. The second kappa shape index (κ2) is 5.38. The molecule has 1 heterocycles. The lowest BCUT2D eigenvalue weighted by molar-refractivity contribution is -0.116. The van der Waals surface area contributed by atoms with E-state index in [4.69, 9.17) is 0 Å². The SMILES string of the molecule is CCCCN1CC(=O)CC1CCC. The van der Waals surface area contributed by atoms with Gasteiger partial charge in [0.2, 0.25) is 0 Å². The molecule has 0 aromatic carbocycles. The monoisotopic (exact) mass is 183 g/mol. The summed E-state index contributed by atoms with van der Waals surface area (Å²) >= 11 is 0. The molecule has 1 atom stereocenters. The minimum absolute atomic E-state index is 0.439. The Morgan fingerprint density at radius 2 is 2.15 bits per heavy atom. The fraction of sp³-hybridized carbons (Fsp3) is 0.909. The molecule has 0 aliphatic carbocycles. The zero-order chi connectivity index (χ0) is 9.68. The van der Waals surface area contributed by atoms with Crippen LogP contribution in [0, 0.1) is 0 Å². The van der Waals surface area contributed by atoms with Crippen molar-refractivity contribution in [2.75, 3.05) is 13.1 Å². The van der Waals surface area contributed by atoms with Crippen LogP contribution < -0.4 is 0 Å². The lowest BCUT2D eigenvalue weighted by Crippen LogP contribution is -2.30. The highest BCUT2D eigenvalue weighted by Gasteiger charge is 2.28. The summed E-state index contributed by atoms with van der Waals surface area (Å²) in [6.07, 6.45) is 5.64. The molecule has 0 amide bonds. The molecular weight excluding hydrogens is 162 g/mol. The number of hydrogen-bond acceptors (Lipinski definition) is 2. The average Bonchev–Trinajstić information content (AvgIpc) is 2.44. The number of unbranched alkanes of at least 4 members (excludes halogenated alkanes) is 1. The Morgan fingerprint density at radius 3 is 2.77 bits per heavy atom. The number of nitrogens with zero attached hydrogens (tertiary/aromatic N) is 1. The number of likely N-dealkylation sites (tertiary alicyclic amines) is 1. The summed E-state index contributed by atoms with van der Waals surface area (Å²) in [5.41, 5.74) is 0. The predicted molar refractivity (Wildman–Crippen MR) is 54.8 cm³/mol. The Kier molecular flexibility index (Phi) is 4.43. The summed E-state index contributed by atoms with van der Waals surface area (Å²) in [6.45, 7) is 6.23. The van der Waals surface area contributed by atoms with Gasteiger partial charge < -0.3 is 0 Å². The molecule has 0 N–H and O–H groups in total. The average molecular weight is 183 g/mol. The maximum Gasteiger partial charge on any atom is 0.148 e. The third kappa shape index (κ3) is 3.11. The van der Waals surface area contributed by atoms with Crippen LogP contribution in [0.25, 0.3) is 0 Å². The first-order valence-corrected chi connectivity index (χ1v) is 5.53. The molecule has 2 nitrogen and oxygen atoms in total. The van der Waals surface area contributed by atoms with Crippen molar-refractivity contribution in [2.24, 2.45) is 0 Å². The Hall–Kier alpha value is -0.370. The van der Waals surface area contributed by atoms with Gasteiger partial charge in [0.1, 0.15) is 5.78 Å². The quantitative estimate of drug-likeness (QED) is 0.651. The number of carbonyl (C=O) groups excluding carboxylic acids is 1. The Bertz CT molecular complexity index is 167. The minimum Gasteiger partial charge on any atom is -0.298 e. The normalized spacial score (nSPS) is 24.2. The zero-order valence-corrected chi connectivity index (χ0v) is 8.88. The molecule has 0 aromatic rings. The van der Waals surface area contributed by atoms with Gasteiger partial charge in [-0.05, 0) is 19.4 Å². The lowest BCUT2D eigenvalue weighted by atomic mass is 10.1. The molecule has 1 aliphatic heterocycles. The van der Waals surface area contributed by atoms with Crippen LogP contribution in [-0.2, 0) is 4.79 Å². The van der Waals surface area contributed by atoms with Crippen molar-refractivity contribution in [2.45, 2.75) is 52.0 Å². The van der Waals surface area contributed by atoms with Crippen LogP contribution in [-0.4, -0.2) is 29.8 Å². The van der Waals surface area contributed by atoms with Gasteiger partial charge in [-0.15, -0.1) is 0 Å². The fourth-order valence-electron chi connectivity index (χ4n) is 2.05. The zero-order valence-electron chi connectivity index (χ0n) is 8.88. The summed E-state index contributed by atoms with van der Waals surface area (Å²) in [4.78, 5) is 13.6. The van der Waals surface area contributed by atoms with Gasteiger partial charge in [-0.2, -0.15) is 0 Å². The summed E-state index contributed by atoms with van der Waals surface area (Å²) in [5, 5.41) is 0. The van der Waals surface area contributed by atoms with E-state index >= 15 is 0 Å². The van der Waals surface area contributed by atoms with Gasteiger partial charge in [-0.25, -0.2) is 0 Å². The summed E-state index contributed by atoms with van der Waals surface area (Å²) in [5.74, 6) is 0.439. The molecule has 1 aliphatic rings. The molecule has 0 radical (unpaired) electrons. The highest BCUT2D eigenvalue weighted by atomic mass is 16.1. The van der Waals surface area contributed by atoms with Gasteiger partial charge in [0.05, 0.1) is 6.54 Å². The molecule has 1 saturated heterocycles. The van der Waals surface area contributed by atoms with Crippen molar-refractivity contribution in [1.29, 1.82) is 0 Å². The van der Waals surface area contributed by atoms with Crippen LogP contribution in [0.3, 0.4) is 0 Å². The first kappa shape index (κ1) is 10.7. The molecule has 0 saturated carbocycles. The van der Waals surface area contributed by atoms with E-state index < -0.39 is 0 Å². The van der Waals surface area contributed by atoms with Crippen LogP contribution in [0.1, 0.15) is 46.0 Å². The first-order valence-electron chi connectivity index (χ1n) is 5.53. The molecular formula is C11H21NO. The van der Waals surface area contributed by atoms with Crippen molar-refractivity contribution >= 4 is 5.78 Å². The molecule has 13 heavy (non-hydrogen) atoms. The van der Waals surface area contributed by atoms with Crippen LogP contribution in [0.4, 0.5) is 0 Å². The third-order valence-electron chi connectivity index (χ3n) is 2.78. The van der Waals surface area contributed by atoms with E-state index in [-0.39, 0.29) is 0 Å². The second-order valence-corrected chi connectivity index (χ2v) is 4.01. The first-order chi connectivity index (χ1) is 6.27. The number of ketones is 1. The topological polar surface area (TPSA) is 20.3 Å². The van der Waals surface area contributed by atoms with E-state index in [0.717, 1.165) is 13.0 Å². The molecule has 1 unspecified atom stereocenters. The highest BCUT2D eigenvalue weighted by molar-refractivity contribution is 5.83. The van der Waals surface area contributed by atoms with Gasteiger partial charge in [-0.1, -0.05) is 26.7 Å². The Balaban J connectivity index is 2.36. The van der Waals surface area contributed by atoms with Gasteiger partial charge in [-0.3, -0.25) is 9.69 Å². The standard InChI is InChI=1S/C11H21NO/c1-3-5-7-12-9-11(13)8-10(12)6-4-2/h10H,3-9H2,1-2H3. The van der Waals surface area contributed by atoms with Crippen molar-refractivity contribution in [3.63, 3.8) is 0 Å². The smallest absolute Gasteiger partial charge is 0.148 e.